The number of hydrogen-bond acceptors (Lipinski definition) is 1. The molecular formula is C33H30Cl4O. The fourth-order valence-corrected chi connectivity index (χ4v) is 6.27. The Balaban J connectivity index is 1.85. The Hall–Kier alpha value is -2.29. The molecule has 4 rings (SSSR count). The highest BCUT2D eigenvalue weighted by atomic mass is 35.5. The summed E-state index contributed by atoms with van der Waals surface area (Å²) in [4.78, 5) is 14.8. The number of ketones is 1. The van der Waals surface area contributed by atoms with Crippen molar-refractivity contribution in [3.05, 3.63) is 139 Å². The molecule has 0 aromatic heterocycles. The first-order valence-corrected chi connectivity index (χ1v) is 14.0. The third kappa shape index (κ3) is 5.97. The second kappa shape index (κ2) is 11.4. The Morgan fingerprint density at radius 1 is 0.447 bits per heavy atom. The molecule has 4 aromatic carbocycles. The van der Waals surface area contributed by atoms with E-state index in [1.807, 2.05) is 125 Å². The maximum absolute atomic E-state index is 14.8. The van der Waals surface area contributed by atoms with Crippen molar-refractivity contribution in [2.24, 2.45) is 10.8 Å². The predicted molar refractivity (Wildman–Crippen MR) is 162 cm³/mol. The summed E-state index contributed by atoms with van der Waals surface area (Å²) in [6, 6.07) is 31.0. The van der Waals surface area contributed by atoms with Gasteiger partial charge >= 0.3 is 0 Å². The Bertz CT molecular complexity index is 1190. The molecule has 0 N–H and O–H groups in total. The molecule has 0 aliphatic rings. The van der Waals surface area contributed by atoms with Crippen molar-refractivity contribution in [3.8, 4) is 0 Å². The molecule has 0 spiro atoms. The van der Waals surface area contributed by atoms with Gasteiger partial charge in [-0.1, -0.05) is 123 Å². The summed E-state index contributed by atoms with van der Waals surface area (Å²) in [6.07, 6.45) is 0. The van der Waals surface area contributed by atoms with E-state index >= 15 is 0 Å². The van der Waals surface area contributed by atoms with Crippen LogP contribution in [0.1, 0.15) is 61.8 Å². The van der Waals surface area contributed by atoms with Crippen molar-refractivity contribution >= 4 is 52.2 Å². The topological polar surface area (TPSA) is 17.1 Å². The minimum atomic E-state index is -0.789. The van der Waals surface area contributed by atoms with Gasteiger partial charge in [0.15, 0.2) is 0 Å². The van der Waals surface area contributed by atoms with Gasteiger partial charge < -0.3 is 0 Å². The van der Waals surface area contributed by atoms with Crippen molar-refractivity contribution in [1.29, 1.82) is 0 Å². The lowest BCUT2D eigenvalue weighted by Crippen LogP contribution is -2.44. The zero-order valence-electron chi connectivity index (χ0n) is 21.8. The van der Waals surface area contributed by atoms with Crippen molar-refractivity contribution in [2.75, 3.05) is 0 Å². The molecule has 0 saturated carbocycles. The van der Waals surface area contributed by atoms with Crippen LogP contribution in [0.3, 0.4) is 0 Å². The van der Waals surface area contributed by atoms with Gasteiger partial charge in [0.05, 0.1) is 0 Å². The van der Waals surface area contributed by atoms with E-state index in [-0.39, 0.29) is 17.6 Å². The number of benzene rings is 4. The quantitative estimate of drug-likeness (QED) is 0.201. The first-order chi connectivity index (χ1) is 17.9. The largest absolute Gasteiger partial charge is 0.298 e. The lowest BCUT2D eigenvalue weighted by Gasteiger charge is -2.43. The third-order valence-corrected chi connectivity index (χ3v) is 8.44. The lowest BCUT2D eigenvalue weighted by atomic mass is 9.58. The monoisotopic (exact) mass is 582 g/mol. The van der Waals surface area contributed by atoms with Gasteiger partial charge in [0.2, 0.25) is 0 Å². The Kier molecular flexibility index (Phi) is 8.65. The van der Waals surface area contributed by atoms with Gasteiger partial charge in [-0.15, -0.1) is 0 Å². The van der Waals surface area contributed by atoms with Crippen molar-refractivity contribution in [1.82, 2.24) is 0 Å². The molecule has 0 unspecified atom stereocenters. The molecule has 0 radical (unpaired) electrons. The van der Waals surface area contributed by atoms with Gasteiger partial charge in [-0.3, -0.25) is 4.79 Å². The Labute approximate surface area is 245 Å². The van der Waals surface area contributed by atoms with E-state index in [2.05, 4.69) is 0 Å². The van der Waals surface area contributed by atoms with E-state index in [9.17, 15) is 4.79 Å². The zero-order valence-corrected chi connectivity index (χ0v) is 24.8. The first kappa shape index (κ1) is 28.7. The predicted octanol–water partition coefficient (Wildman–Crippen LogP) is 10.9. The van der Waals surface area contributed by atoms with Crippen LogP contribution >= 0.6 is 46.4 Å². The van der Waals surface area contributed by atoms with E-state index < -0.39 is 10.8 Å². The SMILES string of the molecule is CC(C)(C(=O)C(C)(C)C(c1ccc(Cl)cc1)c1ccc(Cl)cc1)C(c1ccc(Cl)cc1)c1ccc(Cl)cc1. The smallest absolute Gasteiger partial charge is 0.145 e. The average molecular weight is 584 g/mol. The number of hydrogen-bond donors (Lipinski definition) is 0. The molecule has 0 aliphatic heterocycles. The van der Waals surface area contributed by atoms with Crippen LogP contribution in [-0.2, 0) is 4.79 Å². The number of carbonyl (C=O) groups excluding carboxylic acids is 1. The molecule has 4 aromatic rings. The van der Waals surface area contributed by atoms with Crippen LogP contribution in [0, 0.1) is 10.8 Å². The molecule has 196 valence electrons. The van der Waals surface area contributed by atoms with Crippen LogP contribution in [0.2, 0.25) is 20.1 Å². The van der Waals surface area contributed by atoms with Crippen LogP contribution in [0.15, 0.2) is 97.1 Å². The fourth-order valence-electron chi connectivity index (χ4n) is 5.77. The summed E-state index contributed by atoms with van der Waals surface area (Å²) in [6.45, 7) is 8.13. The lowest BCUT2D eigenvalue weighted by molar-refractivity contribution is -0.137. The molecule has 0 fully saturated rings. The van der Waals surface area contributed by atoms with Gasteiger partial charge in [0.1, 0.15) is 5.78 Å². The van der Waals surface area contributed by atoms with Crippen molar-refractivity contribution < 1.29 is 4.79 Å². The van der Waals surface area contributed by atoms with Crippen molar-refractivity contribution in [2.45, 2.75) is 39.5 Å². The zero-order chi connectivity index (χ0) is 27.7. The van der Waals surface area contributed by atoms with E-state index in [1.165, 1.54) is 0 Å². The summed E-state index contributed by atoms with van der Waals surface area (Å²) in [5.41, 5.74) is 2.48. The molecule has 0 amide bonds. The Morgan fingerprint density at radius 2 is 0.632 bits per heavy atom. The summed E-state index contributed by atoms with van der Waals surface area (Å²) in [5, 5.41) is 2.61. The maximum Gasteiger partial charge on any atom is 0.145 e. The summed E-state index contributed by atoms with van der Waals surface area (Å²) < 4.78 is 0. The van der Waals surface area contributed by atoms with E-state index in [1.54, 1.807) is 0 Å². The summed E-state index contributed by atoms with van der Waals surface area (Å²) >= 11 is 24.9. The van der Waals surface area contributed by atoms with Gasteiger partial charge in [0, 0.05) is 42.8 Å². The van der Waals surface area contributed by atoms with Crippen molar-refractivity contribution in [3.63, 3.8) is 0 Å². The number of carbonyl (C=O) groups is 1. The van der Waals surface area contributed by atoms with E-state index in [0.717, 1.165) is 22.3 Å². The summed E-state index contributed by atoms with van der Waals surface area (Å²) in [5.74, 6) is -0.311. The highest BCUT2D eigenvalue weighted by molar-refractivity contribution is 6.31. The van der Waals surface area contributed by atoms with Gasteiger partial charge in [-0.2, -0.15) is 0 Å². The van der Waals surface area contributed by atoms with Crippen LogP contribution in [0.25, 0.3) is 0 Å². The maximum atomic E-state index is 14.8. The highest BCUT2D eigenvalue weighted by Gasteiger charge is 2.49. The normalized spacial score (nSPS) is 12.3. The average Bonchev–Trinajstić information content (AvgIpc) is 2.88. The van der Waals surface area contributed by atoms with Gasteiger partial charge in [-0.25, -0.2) is 0 Å². The molecular weight excluding hydrogens is 554 g/mol. The second-order valence-corrected chi connectivity index (χ2v) is 12.6. The minimum Gasteiger partial charge on any atom is -0.298 e. The third-order valence-electron chi connectivity index (χ3n) is 7.43. The number of rotatable bonds is 8. The summed E-state index contributed by atoms with van der Waals surface area (Å²) in [7, 11) is 0. The second-order valence-electron chi connectivity index (χ2n) is 10.8. The van der Waals surface area contributed by atoms with Crippen LogP contribution in [0.4, 0.5) is 0 Å². The van der Waals surface area contributed by atoms with Crippen LogP contribution in [0.5, 0.6) is 0 Å². The van der Waals surface area contributed by atoms with Crippen LogP contribution in [-0.4, -0.2) is 5.78 Å². The number of halogens is 4. The standard InChI is InChI=1S/C33H30Cl4O/c1-32(2,29(21-5-13-25(34)14-6-21)22-7-15-26(35)16-8-22)31(38)33(3,4)30(23-9-17-27(36)18-10-23)24-11-19-28(37)20-12-24/h5-20,29-30H,1-4H3. The fraction of sp³-hybridized carbons (Fsp3) is 0.242. The van der Waals surface area contributed by atoms with E-state index in [4.69, 9.17) is 46.4 Å². The van der Waals surface area contributed by atoms with Gasteiger partial charge in [-0.05, 0) is 70.8 Å². The molecule has 0 bridgehead atoms. The molecule has 5 heteroatoms. The Morgan fingerprint density at radius 3 is 0.816 bits per heavy atom. The van der Waals surface area contributed by atoms with Crippen LogP contribution < -0.4 is 0 Å². The van der Waals surface area contributed by atoms with E-state index in [0.29, 0.717) is 20.1 Å². The minimum absolute atomic E-state index is 0.134. The molecule has 0 heterocycles. The molecule has 0 atom stereocenters. The first-order valence-electron chi connectivity index (χ1n) is 12.5. The molecule has 38 heavy (non-hydrogen) atoms. The van der Waals surface area contributed by atoms with Gasteiger partial charge in [0.25, 0.3) is 0 Å². The highest BCUT2D eigenvalue weighted by Crippen LogP contribution is 2.51. The molecule has 0 saturated heterocycles. The number of Topliss-reactive ketones (excluding diaryl/α,β-unsaturated/α-hetero) is 1. The molecule has 0 aliphatic carbocycles. The molecule has 1 nitrogen and oxygen atoms in total.